The van der Waals surface area contributed by atoms with Gasteiger partial charge in [-0.15, -0.1) is 0 Å². The van der Waals surface area contributed by atoms with E-state index in [-0.39, 0.29) is 5.41 Å². The zero-order chi connectivity index (χ0) is 23.0. The second kappa shape index (κ2) is 8.67. The molecule has 33 heavy (non-hydrogen) atoms. The number of piperazine rings is 1. The molecule has 3 heterocycles. The lowest BCUT2D eigenvalue weighted by Gasteiger charge is -2.35. The van der Waals surface area contributed by atoms with Crippen LogP contribution in [0.4, 0.5) is 5.69 Å². The van der Waals surface area contributed by atoms with Gasteiger partial charge in [0, 0.05) is 56.6 Å². The van der Waals surface area contributed by atoms with Crippen LogP contribution in [0.25, 0.3) is 22.4 Å². The highest BCUT2D eigenvalue weighted by Crippen LogP contribution is 2.30. The van der Waals surface area contributed by atoms with E-state index < -0.39 is 0 Å². The lowest BCUT2D eigenvalue weighted by atomic mass is 9.87. The normalized spacial score (nSPS) is 15.5. The molecule has 2 N–H and O–H groups in total. The Bertz CT molecular complexity index is 1220. The van der Waals surface area contributed by atoms with Crippen molar-refractivity contribution in [3.05, 3.63) is 65.7 Å². The lowest BCUT2D eigenvalue weighted by Crippen LogP contribution is -2.46. The number of anilines is 1. The minimum atomic E-state index is 0.150. The first-order chi connectivity index (χ1) is 15.9. The number of imidazole rings is 2. The summed E-state index contributed by atoms with van der Waals surface area (Å²) in [6.07, 6.45) is 2.93. The Hall–Kier alpha value is -3.12. The van der Waals surface area contributed by atoms with Gasteiger partial charge in [-0.1, -0.05) is 58.0 Å². The number of rotatable bonds is 5. The Morgan fingerprint density at radius 3 is 2.36 bits per heavy atom. The summed E-state index contributed by atoms with van der Waals surface area (Å²) in [4.78, 5) is 21.4. The maximum Gasteiger partial charge on any atom is 0.138 e. The van der Waals surface area contributed by atoms with Gasteiger partial charge in [-0.2, -0.15) is 0 Å². The Kier molecular flexibility index (Phi) is 5.71. The van der Waals surface area contributed by atoms with Gasteiger partial charge in [0.05, 0.1) is 11.2 Å². The van der Waals surface area contributed by atoms with E-state index in [4.69, 9.17) is 4.98 Å². The molecule has 0 saturated carbocycles. The molecule has 0 radical (unpaired) electrons. The summed E-state index contributed by atoms with van der Waals surface area (Å²) >= 11 is 0. The summed E-state index contributed by atoms with van der Waals surface area (Å²) in [7, 11) is 0. The van der Waals surface area contributed by atoms with Gasteiger partial charge in [-0.25, -0.2) is 9.97 Å². The number of aromatic nitrogens is 4. The van der Waals surface area contributed by atoms with Crippen molar-refractivity contribution in [1.82, 2.24) is 24.8 Å². The third kappa shape index (κ3) is 4.53. The summed E-state index contributed by atoms with van der Waals surface area (Å²) in [6.45, 7) is 13.8. The molecular formula is C27H34N6. The molecule has 1 saturated heterocycles. The zero-order valence-electron chi connectivity index (χ0n) is 20.2. The largest absolute Gasteiger partial charge is 0.367 e. The molecule has 0 aliphatic carbocycles. The van der Waals surface area contributed by atoms with Crippen LogP contribution in [0, 0.1) is 0 Å². The van der Waals surface area contributed by atoms with Gasteiger partial charge in [0.25, 0.3) is 0 Å². The molecule has 6 nitrogen and oxygen atoms in total. The fourth-order valence-electron chi connectivity index (χ4n) is 4.59. The Labute approximate surface area is 196 Å². The third-order valence-electron chi connectivity index (χ3n) is 6.64. The monoisotopic (exact) mass is 442 g/mol. The van der Waals surface area contributed by atoms with Crippen LogP contribution >= 0.6 is 0 Å². The first-order valence-electron chi connectivity index (χ1n) is 12.0. The van der Waals surface area contributed by atoms with Crippen molar-refractivity contribution in [3.63, 3.8) is 0 Å². The van der Waals surface area contributed by atoms with Crippen molar-refractivity contribution in [2.24, 2.45) is 0 Å². The number of H-pyrrole nitrogens is 2. The molecule has 0 bridgehead atoms. The molecule has 6 heteroatoms. The molecule has 2 aromatic heterocycles. The fraction of sp³-hybridized carbons (Fsp3) is 0.407. The van der Waals surface area contributed by atoms with Gasteiger partial charge in [-0.3, -0.25) is 4.90 Å². The molecule has 1 fully saturated rings. The molecule has 1 aliphatic heterocycles. The van der Waals surface area contributed by atoms with Crippen LogP contribution < -0.4 is 4.90 Å². The van der Waals surface area contributed by atoms with Crippen LogP contribution in [0.2, 0.25) is 0 Å². The van der Waals surface area contributed by atoms with Gasteiger partial charge in [0.2, 0.25) is 0 Å². The van der Waals surface area contributed by atoms with Crippen molar-refractivity contribution in [1.29, 1.82) is 0 Å². The van der Waals surface area contributed by atoms with Crippen molar-refractivity contribution < 1.29 is 0 Å². The zero-order valence-corrected chi connectivity index (χ0v) is 20.2. The van der Waals surface area contributed by atoms with Crippen LogP contribution in [0.5, 0.6) is 0 Å². The summed E-state index contributed by atoms with van der Waals surface area (Å²) in [6, 6.07) is 15.2. The van der Waals surface area contributed by atoms with Crippen molar-refractivity contribution in [2.75, 3.05) is 31.1 Å². The molecule has 0 atom stereocenters. The van der Waals surface area contributed by atoms with Crippen LogP contribution in [-0.2, 0) is 18.4 Å². The first-order valence-corrected chi connectivity index (χ1v) is 12.0. The van der Waals surface area contributed by atoms with E-state index >= 15 is 0 Å². The van der Waals surface area contributed by atoms with E-state index in [1.165, 1.54) is 16.9 Å². The highest BCUT2D eigenvalue weighted by atomic mass is 15.3. The second-order valence-corrected chi connectivity index (χ2v) is 10.1. The molecular weight excluding hydrogens is 408 g/mol. The minimum absolute atomic E-state index is 0.150. The Morgan fingerprint density at radius 1 is 0.939 bits per heavy atom. The van der Waals surface area contributed by atoms with E-state index in [0.29, 0.717) is 0 Å². The average Bonchev–Trinajstić information content (AvgIpc) is 3.46. The maximum atomic E-state index is 5.02. The minimum Gasteiger partial charge on any atom is -0.367 e. The highest BCUT2D eigenvalue weighted by Gasteiger charge is 2.21. The first kappa shape index (κ1) is 21.7. The quantitative estimate of drug-likeness (QED) is 0.449. The molecule has 0 spiro atoms. The number of aryl methyl sites for hydroxylation is 1. The van der Waals surface area contributed by atoms with Crippen LogP contribution in [0.1, 0.15) is 44.8 Å². The number of nitrogens with zero attached hydrogens (tertiary/aromatic N) is 4. The van der Waals surface area contributed by atoms with E-state index in [1.807, 2.05) is 6.20 Å². The van der Waals surface area contributed by atoms with Crippen molar-refractivity contribution >= 4 is 16.7 Å². The van der Waals surface area contributed by atoms with Crippen molar-refractivity contribution in [3.8, 4) is 11.4 Å². The summed E-state index contributed by atoms with van der Waals surface area (Å²) in [5.74, 6) is 2.00. The van der Waals surface area contributed by atoms with E-state index in [0.717, 1.165) is 67.4 Å². The molecule has 5 rings (SSSR count). The molecule has 0 amide bonds. The maximum absolute atomic E-state index is 5.02. The molecule has 172 valence electrons. The van der Waals surface area contributed by atoms with Crippen LogP contribution in [0.3, 0.4) is 0 Å². The Morgan fingerprint density at radius 2 is 1.70 bits per heavy atom. The average molecular weight is 443 g/mol. The van der Waals surface area contributed by atoms with Gasteiger partial charge in [0.15, 0.2) is 0 Å². The Balaban J connectivity index is 1.32. The van der Waals surface area contributed by atoms with Gasteiger partial charge in [0.1, 0.15) is 17.2 Å². The van der Waals surface area contributed by atoms with Gasteiger partial charge >= 0.3 is 0 Å². The number of aromatic amines is 2. The fourth-order valence-corrected chi connectivity index (χ4v) is 4.59. The number of nitrogens with one attached hydrogen (secondary N) is 2. The third-order valence-corrected chi connectivity index (χ3v) is 6.64. The van der Waals surface area contributed by atoms with E-state index in [9.17, 15) is 0 Å². The van der Waals surface area contributed by atoms with Crippen molar-refractivity contribution in [2.45, 2.75) is 46.1 Å². The van der Waals surface area contributed by atoms with Crippen LogP contribution in [-0.4, -0.2) is 51.0 Å². The SMILES string of the molecule is CCc1ncc(CN2CCN(c3cccc4[nH]c(-c5ccc(C(C)(C)C)cc5)nc34)CC2)[nH]1. The molecule has 4 aromatic rings. The number of hydrogen-bond acceptors (Lipinski definition) is 4. The van der Waals surface area contributed by atoms with Gasteiger partial charge < -0.3 is 14.9 Å². The number of benzene rings is 2. The van der Waals surface area contributed by atoms with E-state index in [1.54, 1.807) is 0 Å². The predicted molar refractivity (Wildman–Crippen MR) is 136 cm³/mol. The highest BCUT2D eigenvalue weighted by molar-refractivity contribution is 5.91. The molecule has 1 aliphatic rings. The summed E-state index contributed by atoms with van der Waals surface area (Å²) in [5.41, 5.74) is 7.18. The van der Waals surface area contributed by atoms with E-state index in [2.05, 4.69) is 94.9 Å². The molecule has 0 unspecified atom stereocenters. The summed E-state index contributed by atoms with van der Waals surface area (Å²) in [5, 5.41) is 0. The number of fused-ring (bicyclic) bond motifs is 1. The second-order valence-electron chi connectivity index (χ2n) is 10.1. The standard InChI is InChI=1S/C27H34N6/c1-5-24-28-17-21(29-24)18-32-13-15-33(16-14-32)23-8-6-7-22-25(23)31-26(30-22)19-9-11-20(12-10-19)27(2,3)4/h6-12,17H,5,13-16,18H2,1-4H3,(H,28,29)(H,30,31). The topological polar surface area (TPSA) is 63.8 Å². The smallest absolute Gasteiger partial charge is 0.138 e. The number of hydrogen-bond donors (Lipinski definition) is 2. The summed E-state index contributed by atoms with van der Waals surface area (Å²) < 4.78 is 0. The molecule has 2 aromatic carbocycles. The predicted octanol–water partition coefficient (Wildman–Crippen LogP) is 5.14. The van der Waals surface area contributed by atoms with Crippen LogP contribution in [0.15, 0.2) is 48.7 Å². The lowest BCUT2D eigenvalue weighted by molar-refractivity contribution is 0.247. The van der Waals surface area contributed by atoms with Gasteiger partial charge in [-0.05, 0) is 23.1 Å². The number of para-hydroxylation sites is 1.